The summed E-state index contributed by atoms with van der Waals surface area (Å²) in [6.45, 7) is 13.6. The van der Waals surface area contributed by atoms with E-state index in [9.17, 15) is 0 Å². The largest absolute Gasteiger partial charge is 3.00 e. The summed E-state index contributed by atoms with van der Waals surface area (Å²) in [5.41, 5.74) is 9.07. The van der Waals surface area contributed by atoms with E-state index in [0.717, 1.165) is 61.7 Å². The summed E-state index contributed by atoms with van der Waals surface area (Å²) in [5, 5.41) is 2.45. The Morgan fingerprint density at radius 3 is 1.81 bits per heavy atom. The number of nitrogens with zero attached hydrogens (tertiary/aromatic N) is 3. The molecule has 268 valence electrons. The third kappa shape index (κ3) is 6.75. The van der Waals surface area contributed by atoms with E-state index in [1.807, 2.05) is 60.1 Å². The van der Waals surface area contributed by atoms with Crippen LogP contribution in [0.3, 0.4) is 0 Å². The van der Waals surface area contributed by atoms with Gasteiger partial charge in [-0.2, -0.15) is 60.7 Å². The Labute approximate surface area is 337 Å². The Hall–Kier alpha value is -4.80. The molecule has 0 aliphatic carbocycles. The van der Waals surface area contributed by atoms with Crippen molar-refractivity contribution in [1.29, 1.82) is 0 Å². The fourth-order valence-electron chi connectivity index (χ4n) is 7.67. The molecular weight excluding hydrogens is 855 g/mol. The molecule has 0 spiro atoms. The van der Waals surface area contributed by atoms with Crippen LogP contribution < -0.4 is 0 Å². The van der Waals surface area contributed by atoms with Crippen LogP contribution in [0.2, 0.25) is 0 Å². The van der Waals surface area contributed by atoms with Gasteiger partial charge in [0.2, 0.25) is 0 Å². The van der Waals surface area contributed by atoms with Crippen molar-refractivity contribution in [3.05, 3.63) is 197 Å². The molecule has 1 unspecified atom stereocenters. The molecule has 54 heavy (non-hydrogen) atoms. The van der Waals surface area contributed by atoms with Crippen LogP contribution in [0.5, 0.6) is 0 Å². The van der Waals surface area contributed by atoms with E-state index in [1.54, 1.807) is 0 Å². The molecule has 5 heteroatoms. The van der Waals surface area contributed by atoms with Crippen molar-refractivity contribution in [2.75, 3.05) is 0 Å². The summed E-state index contributed by atoms with van der Waals surface area (Å²) in [4.78, 5) is 15.5. The maximum absolute atomic E-state index is 5.70. The van der Waals surface area contributed by atoms with Gasteiger partial charge in [0, 0.05) is 38.6 Å². The second-order valence-electron chi connectivity index (χ2n) is 15.6. The number of benzene rings is 4. The van der Waals surface area contributed by atoms with Gasteiger partial charge in [0.25, 0.3) is 0 Å². The van der Waals surface area contributed by atoms with Gasteiger partial charge in [-0.05, 0) is 72.4 Å². The molecule has 4 aromatic heterocycles. The molecule has 0 radical (unpaired) electrons. The van der Waals surface area contributed by atoms with Crippen molar-refractivity contribution < 1.29 is 20.1 Å². The van der Waals surface area contributed by atoms with E-state index in [2.05, 4.69) is 145 Å². The standard InChI is InChI=1S/C49H42N3S.Ir/c1-33-28-35(30-38(29-33)48(5,36-19-9-7-10-20-36)41-24-13-15-26-50-41)44-46-40(39-23-17-18-34(45(39)53-46)32-47(2,3)4)31-43(52-44)49(6,37-21-11-8-12-22-37)42-25-14-16-27-51-42;/h7-19,21,23-29,31H,32H2,1-6H3;/q-3;+3/t48?,49-;/m1./s1. The van der Waals surface area contributed by atoms with Gasteiger partial charge < -0.3 is 0 Å². The van der Waals surface area contributed by atoms with E-state index in [1.165, 1.54) is 21.0 Å². The Balaban J connectivity index is 0.00000450. The zero-order chi connectivity index (χ0) is 36.8. The van der Waals surface area contributed by atoms with Gasteiger partial charge >= 0.3 is 20.1 Å². The smallest absolute Gasteiger partial charge is 0.299 e. The number of thiophene rings is 1. The van der Waals surface area contributed by atoms with E-state index in [4.69, 9.17) is 15.0 Å². The van der Waals surface area contributed by atoms with Crippen LogP contribution in [0, 0.1) is 30.5 Å². The molecule has 4 heterocycles. The monoisotopic (exact) mass is 897 g/mol. The molecule has 0 fully saturated rings. The van der Waals surface area contributed by atoms with E-state index in [0.29, 0.717) is 0 Å². The zero-order valence-corrected chi connectivity index (χ0v) is 34.7. The van der Waals surface area contributed by atoms with Crippen LogP contribution in [0.25, 0.3) is 31.4 Å². The third-order valence-corrected chi connectivity index (χ3v) is 11.8. The van der Waals surface area contributed by atoms with Gasteiger partial charge in [-0.1, -0.05) is 58.0 Å². The molecule has 8 aromatic rings. The molecular formula is C49H42IrN3S. The van der Waals surface area contributed by atoms with Crippen LogP contribution in [0.15, 0.2) is 134 Å². The predicted octanol–water partition coefficient (Wildman–Crippen LogP) is 11.9. The van der Waals surface area contributed by atoms with Crippen molar-refractivity contribution in [3.63, 3.8) is 0 Å². The molecule has 2 atom stereocenters. The van der Waals surface area contributed by atoms with Gasteiger partial charge in [-0.3, -0.25) is 15.0 Å². The van der Waals surface area contributed by atoms with Crippen LogP contribution in [-0.2, 0) is 37.4 Å². The molecule has 4 aromatic carbocycles. The fraction of sp³-hybridized carbons (Fsp3) is 0.204. The SMILES string of the molecule is Cc1cc(-c2nc([C@](C)(c3[c-]cccc3)c3ccccn3)cc3c2sc2c(CC(C)(C)C)cccc23)[c-]c(C(C)(c2[c-]cccc2)c2ccccn2)c1.[Ir+3]. The molecule has 0 N–H and O–H groups in total. The van der Waals surface area contributed by atoms with Crippen molar-refractivity contribution in [2.45, 2.75) is 58.8 Å². The minimum atomic E-state index is -0.684. The van der Waals surface area contributed by atoms with Crippen LogP contribution >= 0.6 is 11.3 Å². The molecule has 0 aliphatic rings. The summed E-state index contributed by atoms with van der Waals surface area (Å²) in [5.74, 6) is 0. The number of aromatic nitrogens is 3. The van der Waals surface area contributed by atoms with Gasteiger partial charge in [0.05, 0.1) is 16.8 Å². The first-order valence-corrected chi connectivity index (χ1v) is 19.1. The Kier molecular flexibility index (Phi) is 10.3. The second kappa shape index (κ2) is 14.8. The predicted molar refractivity (Wildman–Crippen MR) is 219 cm³/mol. The Bertz CT molecular complexity index is 2460. The van der Waals surface area contributed by atoms with Gasteiger partial charge in [0.15, 0.2) is 0 Å². The summed E-state index contributed by atoms with van der Waals surface area (Å²) in [6, 6.07) is 53.3. The number of rotatable bonds is 8. The topological polar surface area (TPSA) is 38.7 Å². The number of fused-ring (bicyclic) bond motifs is 3. The minimum Gasteiger partial charge on any atom is -0.299 e. The maximum Gasteiger partial charge on any atom is 3.00 e. The Morgan fingerprint density at radius 1 is 0.593 bits per heavy atom. The zero-order valence-electron chi connectivity index (χ0n) is 31.5. The minimum absolute atomic E-state index is 0. The molecule has 0 saturated carbocycles. The first kappa shape index (κ1) is 37.5. The Morgan fingerprint density at radius 2 is 1.22 bits per heavy atom. The van der Waals surface area contributed by atoms with E-state index < -0.39 is 10.8 Å². The van der Waals surface area contributed by atoms with Gasteiger partial charge in [0.1, 0.15) is 0 Å². The molecule has 0 amide bonds. The molecule has 0 saturated heterocycles. The number of hydrogen-bond donors (Lipinski definition) is 0. The normalized spacial score (nSPS) is 14.0. The van der Waals surface area contributed by atoms with Crippen molar-refractivity contribution >= 4 is 31.5 Å². The fourth-order valence-corrected chi connectivity index (χ4v) is 8.97. The maximum atomic E-state index is 5.70. The summed E-state index contributed by atoms with van der Waals surface area (Å²) in [7, 11) is 0. The summed E-state index contributed by atoms with van der Waals surface area (Å²) in [6.07, 6.45) is 4.72. The van der Waals surface area contributed by atoms with Crippen LogP contribution in [-0.4, -0.2) is 15.0 Å². The summed E-state index contributed by atoms with van der Waals surface area (Å²) >= 11 is 1.85. The quantitative estimate of drug-likeness (QED) is 0.143. The van der Waals surface area contributed by atoms with Gasteiger partial charge in [-0.15, -0.1) is 57.4 Å². The van der Waals surface area contributed by atoms with Crippen LogP contribution in [0.1, 0.15) is 79.5 Å². The van der Waals surface area contributed by atoms with E-state index >= 15 is 0 Å². The average Bonchev–Trinajstić information content (AvgIpc) is 3.57. The van der Waals surface area contributed by atoms with Crippen molar-refractivity contribution in [2.24, 2.45) is 5.41 Å². The van der Waals surface area contributed by atoms with E-state index in [-0.39, 0.29) is 25.5 Å². The average molecular weight is 897 g/mol. The molecule has 3 nitrogen and oxygen atoms in total. The van der Waals surface area contributed by atoms with Crippen molar-refractivity contribution in [1.82, 2.24) is 15.0 Å². The first-order chi connectivity index (χ1) is 25.6. The first-order valence-electron chi connectivity index (χ1n) is 18.2. The van der Waals surface area contributed by atoms with Crippen LogP contribution in [0.4, 0.5) is 0 Å². The number of hydrogen-bond acceptors (Lipinski definition) is 4. The third-order valence-electron chi connectivity index (χ3n) is 10.5. The molecule has 8 rings (SSSR count). The van der Waals surface area contributed by atoms with Gasteiger partial charge in [-0.25, -0.2) is 0 Å². The number of pyridine rings is 3. The molecule has 0 bridgehead atoms. The number of aryl methyl sites for hydroxylation is 1. The van der Waals surface area contributed by atoms with Crippen molar-refractivity contribution in [3.8, 4) is 11.3 Å². The summed E-state index contributed by atoms with van der Waals surface area (Å²) < 4.78 is 2.47. The second-order valence-corrected chi connectivity index (χ2v) is 16.6. The molecule has 0 aliphatic heterocycles.